The summed E-state index contributed by atoms with van der Waals surface area (Å²) in [7, 11) is 0. The van der Waals surface area contributed by atoms with Crippen LogP contribution in [0.2, 0.25) is 5.02 Å². The molecule has 2 amide bonds. The van der Waals surface area contributed by atoms with Gasteiger partial charge in [0.25, 0.3) is 11.8 Å². The van der Waals surface area contributed by atoms with E-state index in [9.17, 15) is 9.59 Å². The lowest BCUT2D eigenvalue weighted by atomic mass is 9.78. The fourth-order valence-corrected chi connectivity index (χ4v) is 5.24. The number of nitrogens with one attached hydrogen (secondary N) is 1. The molecule has 2 aliphatic rings. The van der Waals surface area contributed by atoms with Crippen LogP contribution >= 0.6 is 11.6 Å². The fraction of sp³-hybridized carbons (Fsp3) is 0.290. The lowest BCUT2D eigenvalue weighted by molar-refractivity contribution is -0.117. The van der Waals surface area contributed by atoms with E-state index in [1.54, 1.807) is 23.1 Å². The maximum Gasteiger partial charge on any atom is 0.294 e. The van der Waals surface area contributed by atoms with Crippen LogP contribution in [0.5, 0.6) is 5.75 Å². The van der Waals surface area contributed by atoms with E-state index in [2.05, 4.69) is 19.2 Å². The second-order valence-corrected chi connectivity index (χ2v) is 10.5. The average Bonchev–Trinajstić information content (AvgIpc) is 2.90. The smallest absolute Gasteiger partial charge is 0.294 e. The largest absolute Gasteiger partial charge is 0.449 e. The summed E-state index contributed by atoms with van der Waals surface area (Å²) >= 11 is 6.03. The Bertz CT molecular complexity index is 1320. The SMILES string of the molecule is C[C@H]1[C@H](C)CCC[C@@H]1NC(=O)c1ccc(/C=C2\Oc3ccccc3N(Cc3ccc(Cl)cc3)C2=O)cc1. The van der Waals surface area contributed by atoms with Gasteiger partial charge in [0.1, 0.15) is 0 Å². The summed E-state index contributed by atoms with van der Waals surface area (Å²) in [6.45, 7) is 4.87. The van der Waals surface area contributed by atoms with Crippen molar-refractivity contribution in [3.8, 4) is 5.75 Å². The number of halogens is 1. The van der Waals surface area contributed by atoms with E-state index in [0.29, 0.717) is 34.7 Å². The molecule has 5 nitrogen and oxygen atoms in total. The number of para-hydroxylation sites is 2. The van der Waals surface area contributed by atoms with Crippen molar-refractivity contribution in [3.05, 3.63) is 100 Å². The molecule has 190 valence electrons. The Labute approximate surface area is 223 Å². The molecule has 0 aromatic heterocycles. The molecule has 0 radical (unpaired) electrons. The molecule has 1 aliphatic heterocycles. The molecule has 1 aliphatic carbocycles. The van der Waals surface area contributed by atoms with E-state index >= 15 is 0 Å². The van der Waals surface area contributed by atoms with Gasteiger partial charge in [0.15, 0.2) is 11.5 Å². The molecule has 37 heavy (non-hydrogen) atoms. The highest BCUT2D eigenvalue weighted by Crippen LogP contribution is 2.36. The second kappa shape index (κ2) is 10.8. The van der Waals surface area contributed by atoms with E-state index < -0.39 is 0 Å². The number of hydrogen-bond acceptors (Lipinski definition) is 3. The van der Waals surface area contributed by atoms with Gasteiger partial charge in [0.2, 0.25) is 0 Å². The van der Waals surface area contributed by atoms with Gasteiger partial charge in [-0.05, 0) is 71.9 Å². The first kappa shape index (κ1) is 25.1. The highest BCUT2D eigenvalue weighted by atomic mass is 35.5. The van der Waals surface area contributed by atoms with E-state index in [4.69, 9.17) is 16.3 Å². The van der Waals surface area contributed by atoms with Crippen LogP contribution in [0.3, 0.4) is 0 Å². The van der Waals surface area contributed by atoms with Gasteiger partial charge in [0.05, 0.1) is 12.2 Å². The van der Waals surface area contributed by atoms with E-state index in [-0.39, 0.29) is 23.6 Å². The van der Waals surface area contributed by atoms with Crippen molar-refractivity contribution < 1.29 is 14.3 Å². The molecular weight excluding hydrogens is 484 g/mol. The van der Waals surface area contributed by atoms with Crippen molar-refractivity contribution in [2.75, 3.05) is 4.90 Å². The Morgan fingerprint density at radius 3 is 2.51 bits per heavy atom. The van der Waals surface area contributed by atoms with Crippen LogP contribution in [0, 0.1) is 11.8 Å². The number of fused-ring (bicyclic) bond motifs is 1. The van der Waals surface area contributed by atoms with Crippen LogP contribution in [0.25, 0.3) is 6.08 Å². The molecule has 1 N–H and O–H groups in total. The topological polar surface area (TPSA) is 58.6 Å². The quantitative estimate of drug-likeness (QED) is 0.378. The summed E-state index contributed by atoms with van der Waals surface area (Å²) in [5.41, 5.74) is 3.08. The third kappa shape index (κ3) is 5.57. The lowest BCUT2D eigenvalue weighted by Gasteiger charge is -2.34. The minimum Gasteiger partial charge on any atom is -0.449 e. The van der Waals surface area contributed by atoms with Crippen LogP contribution in [-0.4, -0.2) is 17.9 Å². The number of carbonyl (C=O) groups excluding carboxylic acids is 2. The van der Waals surface area contributed by atoms with Crippen molar-refractivity contribution in [3.63, 3.8) is 0 Å². The zero-order chi connectivity index (χ0) is 25.9. The van der Waals surface area contributed by atoms with Crippen molar-refractivity contribution in [1.29, 1.82) is 0 Å². The van der Waals surface area contributed by atoms with Gasteiger partial charge in [-0.1, -0.05) is 74.7 Å². The minimum atomic E-state index is -0.226. The highest BCUT2D eigenvalue weighted by Gasteiger charge is 2.31. The third-order valence-electron chi connectivity index (χ3n) is 7.58. The molecule has 3 aromatic carbocycles. The number of benzene rings is 3. The number of nitrogens with zero attached hydrogens (tertiary/aromatic N) is 1. The van der Waals surface area contributed by atoms with Gasteiger partial charge in [-0.15, -0.1) is 0 Å². The lowest BCUT2D eigenvalue weighted by Crippen LogP contribution is -2.43. The molecule has 3 atom stereocenters. The van der Waals surface area contributed by atoms with Crippen molar-refractivity contribution in [1.82, 2.24) is 5.32 Å². The third-order valence-corrected chi connectivity index (χ3v) is 7.83. The molecule has 1 heterocycles. The number of carbonyl (C=O) groups is 2. The number of hydrogen-bond donors (Lipinski definition) is 1. The molecule has 0 saturated heterocycles. The van der Waals surface area contributed by atoms with Crippen LogP contribution in [0.4, 0.5) is 5.69 Å². The number of anilines is 1. The summed E-state index contributed by atoms with van der Waals surface area (Å²) in [5.74, 6) is 1.65. The van der Waals surface area contributed by atoms with E-state index in [0.717, 1.165) is 29.7 Å². The molecule has 1 saturated carbocycles. The normalized spacial score (nSPS) is 22.4. The first-order valence-corrected chi connectivity index (χ1v) is 13.2. The van der Waals surface area contributed by atoms with Crippen LogP contribution in [0.15, 0.2) is 78.6 Å². The Morgan fingerprint density at radius 2 is 1.76 bits per heavy atom. The molecule has 3 aromatic rings. The molecule has 0 unspecified atom stereocenters. The van der Waals surface area contributed by atoms with Crippen molar-refractivity contribution in [2.45, 2.75) is 45.7 Å². The monoisotopic (exact) mass is 514 g/mol. The summed E-state index contributed by atoms with van der Waals surface area (Å²) in [6.07, 6.45) is 5.11. The number of ether oxygens (including phenoxy) is 1. The predicted octanol–water partition coefficient (Wildman–Crippen LogP) is 6.86. The van der Waals surface area contributed by atoms with Gasteiger partial charge in [-0.2, -0.15) is 0 Å². The first-order valence-electron chi connectivity index (χ1n) is 12.8. The number of amides is 2. The molecular formula is C31H31ClN2O3. The first-order chi connectivity index (χ1) is 17.9. The molecule has 0 bridgehead atoms. The van der Waals surface area contributed by atoms with Crippen LogP contribution < -0.4 is 15.0 Å². The Morgan fingerprint density at radius 1 is 1.03 bits per heavy atom. The molecule has 5 rings (SSSR count). The minimum absolute atomic E-state index is 0.0572. The predicted molar refractivity (Wildman–Crippen MR) is 148 cm³/mol. The van der Waals surface area contributed by atoms with Crippen molar-refractivity contribution >= 4 is 35.2 Å². The zero-order valence-corrected chi connectivity index (χ0v) is 21.9. The van der Waals surface area contributed by atoms with Gasteiger partial charge in [-0.3, -0.25) is 14.5 Å². The van der Waals surface area contributed by atoms with Crippen LogP contribution in [-0.2, 0) is 11.3 Å². The van der Waals surface area contributed by atoms with Crippen LogP contribution in [0.1, 0.15) is 54.6 Å². The summed E-state index contributed by atoms with van der Waals surface area (Å²) in [6, 6.07) is 22.4. The maximum atomic E-state index is 13.5. The van der Waals surface area contributed by atoms with E-state index in [1.807, 2.05) is 60.7 Å². The number of rotatable bonds is 5. The second-order valence-electron chi connectivity index (χ2n) is 10.1. The zero-order valence-electron chi connectivity index (χ0n) is 21.1. The van der Waals surface area contributed by atoms with Crippen molar-refractivity contribution in [2.24, 2.45) is 11.8 Å². The molecule has 0 spiro atoms. The fourth-order valence-electron chi connectivity index (χ4n) is 5.11. The Balaban J connectivity index is 1.34. The van der Waals surface area contributed by atoms with E-state index in [1.165, 1.54) is 6.42 Å². The maximum absolute atomic E-state index is 13.5. The van der Waals surface area contributed by atoms with Gasteiger partial charge in [-0.25, -0.2) is 0 Å². The van der Waals surface area contributed by atoms with Gasteiger partial charge >= 0.3 is 0 Å². The molecule has 1 fully saturated rings. The Kier molecular flexibility index (Phi) is 7.33. The summed E-state index contributed by atoms with van der Waals surface area (Å²) in [4.78, 5) is 28.0. The standard InChI is InChI=1S/C31H31ClN2O3/c1-20-6-5-7-26(21(20)2)33-30(35)24-14-10-22(11-15-24)18-29-31(36)34(19-23-12-16-25(32)17-13-23)27-8-3-4-9-28(27)37-29/h3-4,8-18,20-21,26H,5-7,19H2,1-2H3,(H,33,35)/b29-18-/t20-,21+,26+/m1/s1. The summed E-state index contributed by atoms with van der Waals surface area (Å²) < 4.78 is 6.00. The Hall–Kier alpha value is -3.57. The summed E-state index contributed by atoms with van der Waals surface area (Å²) in [5, 5.41) is 3.87. The average molecular weight is 515 g/mol. The highest BCUT2D eigenvalue weighted by molar-refractivity contribution is 6.30. The van der Waals surface area contributed by atoms with Gasteiger partial charge in [0, 0.05) is 16.6 Å². The van der Waals surface area contributed by atoms with Gasteiger partial charge < -0.3 is 10.1 Å². The molecule has 6 heteroatoms.